The molecule has 3 nitrogen and oxygen atoms in total. The summed E-state index contributed by atoms with van der Waals surface area (Å²) in [6.07, 6.45) is 0. The third-order valence-corrected chi connectivity index (χ3v) is 2.06. The second-order valence-corrected chi connectivity index (χ2v) is 3.16. The first-order valence-corrected chi connectivity index (χ1v) is 4.60. The van der Waals surface area contributed by atoms with Gasteiger partial charge in [-0.1, -0.05) is 24.3 Å². The minimum atomic E-state index is 0.0267. The number of phenols is 2. The lowest BCUT2D eigenvalue weighted by Crippen LogP contribution is -1.90. The van der Waals surface area contributed by atoms with E-state index in [2.05, 4.69) is 5.32 Å². The molecule has 3 heteroatoms. The zero-order valence-corrected chi connectivity index (χ0v) is 8.01. The number of phenolic OH excluding ortho intramolecular Hbond substituents is 2. The number of hydrogen-bond donors (Lipinski definition) is 3. The highest BCUT2D eigenvalue weighted by atomic mass is 16.3. The normalized spacial score (nSPS) is 9.87. The van der Waals surface area contributed by atoms with Crippen molar-refractivity contribution < 1.29 is 10.2 Å². The molecule has 0 amide bonds. The van der Waals surface area contributed by atoms with Gasteiger partial charge in [-0.2, -0.15) is 0 Å². The Morgan fingerprint density at radius 2 is 1.33 bits per heavy atom. The molecular weight excluding hydrogens is 190 g/mol. The van der Waals surface area contributed by atoms with Crippen molar-refractivity contribution in [1.29, 1.82) is 0 Å². The van der Waals surface area contributed by atoms with Crippen molar-refractivity contribution in [1.82, 2.24) is 0 Å². The van der Waals surface area contributed by atoms with E-state index < -0.39 is 0 Å². The summed E-state index contributed by atoms with van der Waals surface area (Å²) in [6.45, 7) is 0. The minimum Gasteiger partial charge on any atom is -0.506 e. The molecule has 0 aliphatic heterocycles. The number of benzene rings is 2. The number of rotatable bonds is 2. The summed E-state index contributed by atoms with van der Waals surface area (Å²) in [4.78, 5) is 0. The molecule has 0 unspecified atom stereocenters. The van der Waals surface area contributed by atoms with Crippen molar-refractivity contribution in [3.05, 3.63) is 48.5 Å². The van der Waals surface area contributed by atoms with Crippen LogP contribution in [0.25, 0.3) is 0 Å². The third kappa shape index (κ3) is 2.02. The summed E-state index contributed by atoms with van der Waals surface area (Å²) in [5, 5.41) is 22.0. The molecule has 0 aliphatic rings. The van der Waals surface area contributed by atoms with Crippen molar-refractivity contribution >= 4 is 11.4 Å². The maximum Gasteiger partial charge on any atom is 0.142 e. The lowest BCUT2D eigenvalue weighted by atomic mass is 10.2. The molecule has 0 saturated carbocycles. The Balaban J connectivity index is 2.32. The van der Waals surface area contributed by atoms with E-state index in [1.807, 2.05) is 30.3 Å². The van der Waals surface area contributed by atoms with E-state index in [-0.39, 0.29) is 11.5 Å². The van der Waals surface area contributed by atoms with E-state index in [4.69, 9.17) is 0 Å². The second-order valence-electron chi connectivity index (χ2n) is 3.16. The van der Waals surface area contributed by atoms with Crippen LogP contribution in [0.2, 0.25) is 0 Å². The molecular formula is C12H11NO2. The maximum absolute atomic E-state index is 9.53. The van der Waals surface area contributed by atoms with Gasteiger partial charge in [0.15, 0.2) is 0 Å². The van der Waals surface area contributed by atoms with Gasteiger partial charge >= 0.3 is 0 Å². The highest BCUT2D eigenvalue weighted by Crippen LogP contribution is 2.34. The Kier molecular flexibility index (Phi) is 2.46. The molecule has 0 fully saturated rings. The first kappa shape index (κ1) is 9.40. The third-order valence-electron chi connectivity index (χ3n) is 2.06. The van der Waals surface area contributed by atoms with E-state index >= 15 is 0 Å². The smallest absolute Gasteiger partial charge is 0.142 e. The molecule has 2 aromatic rings. The first-order valence-electron chi connectivity index (χ1n) is 4.60. The molecule has 15 heavy (non-hydrogen) atoms. The van der Waals surface area contributed by atoms with E-state index in [0.29, 0.717) is 5.69 Å². The number of hydrogen-bond acceptors (Lipinski definition) is 3. The molecule has 0 aliphatic carbocycles. The molecule has 76 valence electrons. The van der Waals surface area contributed by atoms with Gasteiger partial charge in [-0.25, -0.2) is 0 Å². The van der Waals surface area contributed by atoms with Gasteiger partial charge in [0.2, 0.25) is 0 Å². The second kappa shape index (κ2) is 3.92. The Morgan fingerprint density at radius 1 is 0.733 bits per heavy atom. The van der Waals surface area contributed by atoms with Crippen molar-refractivity contribution in [2.45, 2.75) is 0 Å². The Morgan fingerprint density at radius 3 is 1.93 bits per heavy atom. The summed E-state index contributed by atoms with van der Waals surface area (Å²) in [5.74, 6) is 0.0534. The van der Waals surface area contributed by atoms with Gasteiger partial charge in [-0.05, 0) is 24.3 Å². The fourth-order valence-electron chi connectivity index (χ4n) is 1.32. The van der Waals surface area contributed by atoms with Crippen LogP contribution in [-0.2, 0) is 0 Å². The SMILES string of the molecule is Oc1cccc(O)c1Nc1ccccc1. The summed E-state index contributed by atoms with van der Waals surface area (Å²) in [5.41, 5.74) is 1.14. The van der Waals surface area contributed by atoms with Crippen LogP contribution in [0.5, 0.6) is 11.5 Å². The zero-order chi connectivity index (χ0) is 10.7. The fourth-order valence-corrected chi connectivity index (χ4v) is 1.32. The van der Waals surface area contributed by atoms with Crippen LogP contribution in [0.3, 0.4) is 0 Å². The monoisotopic (exact) mass is 201 g/mol. The summed E-state index contributed by atoms with van der Waals surface area (Å²) in [6, 6.07) is 14.0. The van der Waals surface area contributed by atoms with Gasteiger partial charge in [-0.3, -0.25) is 0 Å². The van der Waals surface area contributed by atoms with E-state index in [1.54, 1.807) is 6.07 Å². The van der Waals surface area contributed by atoms with Crippen molar-refractivity contribution in [2.75, 3.05) is 5.32 Å². The van der Waals surface area contributed by atoms with Crippen LogP contribution in [-0.4, -0.2) is 10.2 Å². The molecule has 2 aromatic carbocycles. The van der Waals surface area contributed by atoms with Gasteiger partial charge < -0.3 is 15.5 Å². The van der Waals surface area contributed by atoms with Crippen molar-refractivity contribution in [2.24, 2.45) is 0 Å². The number of anilines is 2. The van der Waals surface area contributed by atoms with Crippen LogP contribution < -0.4 is 5.32 Å². The molecule has 0 aromatic heterocycles. The Bertz CT molecular complexity index is 434. The molecule has 0 atom stereocenters. The lowest BCUT2D eigenvalue weighted by molar-refractivity contribution is 0.455. The van der Waals surface area contributed by atoms with Crippen LogP contribution in [0.4, 0.5) is 11.4 Å². The fraction of sp³-hybridized carbons (Fsp3) is 0. The largest absolute Gasteiger partial charge is 0.506 e. The topological polar surface area (TPSA) is 52.5 Å². The molecule has 0 saturated heterocycles. The average molecular weight is 201 g/mol. The molecule has 0 radical (unpaired) electrons. The van der Waals surface area contributed by atoms with Crippen LogP contribution >= 0.6 is 0 Å². The van der Waals surface area contributed by atoms with Gasteiger partial charge in [0.05, 0.1) is 0 Å². The minimum absolute atomic E-state index is 0.0267. The Labute approximate surface area is 87.6 Å². The van der Waals surface area contributed by atoms with Gasteiger partial charge in [0.25, 0.3) is 0 Å². The van der Waals surface area contributed by atoms with Crippen molar-refractivity contribution in [3.8, 4) is 11.5 Å². The van der Waals surface area contributed by atoms with Crippen LogP contribution in [0, 0.1) is 0 Å². The first-order chi connectivity index (χ1) is 7.27. The Hall–Kier alpha value is -2.16. The standard InChI is InChI=1S/C12H11NO2/c14-10-7-4-8-11(15)12(10)13-9-5-2-1-3-6-9/h1-8,13-15H. The molecule has 0 heterocycles. The molecule has 2 rings (SSSR count). The summed E-state index contributed by atoms with van der Waals surface area (Å²) < 4.78 is 0. The predicted octanol–water partition coefficient (Wildman–Crippen LogP) is 2.84. The van der Waals surface area contributed by atoms with Crippen LogP contribution in [0.1, 0.15) is 0 Å². The van der Waals surface area contributed by atoms with E-state index in [1.165, 1.54) is 12.1 Å². The van der Waals surface area contributed by atoms with Gasteiger partial charge in [-0.15, -0.1) is 0 Å². The van der Waals surface area contributed by atoms with Gasteiger partial charge in [0, 0.05) is 5.69 Å². The lowest BCUT2D eigenvalue weighted by Gasteiger charge is -2.09. The summed E-state index contributed by atoms with van der Waals surface area (Å²) in [7, 11) is 0. The zero-order valence-electron chi connectivity index (χ0n) is 8.01. The van der Waals surface area contributed by atoms with Crippen molar-refractivity contribution in [3.63, 3.8) is 0 Å². The molecule has 3 N–H and O–H groups in total. The predicted molar refractivity (Wildman–Crippen MR) is 59.5 cm³/mol. The number of aromatic hydroxyl groups is 2. The molecule has 0 spiro atoms. The van der Waals surface area contributed by atoms with E-state index in [9.17, 15) is 10.2 Å². The molecule has 0 bridgehead atoms. The number of nitrogens with one attached hydrogen (secondary N) is 1. The quantitative estimate of drug-likeness (QED) is 0.655. The van der Waals surface area contributed by atoms with E-state index in [0.717, 1.165) is 5.69 Å². The summed E-state index contributed by atoms with van der Waals surface area (Å²) >= 11 is 0. The average Bonchev–Trinajstić information content (AvgIpc) is 2.25. The highest BCUT2D eigenvalue weighted by molar-refractivity contribution is 5.71. The highest BCUT2D eigenvalue weighted by Gasteiger charge is 2.05. The van der Waals surface area contributed by atoms with Crippen LogP contribution in [0.15, 0.2) is 48.5 Å². The maximum atomic E-state index is 9.53. The van der Waals surface area contributed by atoms with Gasteiger partial charge in [0.1, 0.15) is 17.2 Å². The number of para-hydroxylation sites is 2.